The van der Waals surface area contributed by atoms with Crippen LogP contribution in [0.15, 0.2) is 28.7 Å². The molecule has 1 saturated carbocycles. The average molecular weight is 310 g/mol. The Morgan fingerprint density at radius 1 is 1.28 bits per heavy atom. The van der Waals surface area contributed by atoms with Crippen molar-refractivity contribution in [1.29, 1.82) is 0 Å². The zero-order valence-corrected chi connectivity index (χ0v) is 12.4. The van der Waals surface area contributed by atoms with E-state index in [9.17, 15) is 4.79 Å². The van der Waals surface area contributed by atoms with Crippen LogP contribution in [0, 0.1) is 5.41 Å². The van der Waals surface area contributed by atoms with E-state index >= 15 is 0 Å². The van der Waals surface area contributed by atoms with Crippen molar-refractivity contribution in [2.24, 2.45) is 5.41 Å². The Kier molecular flexibility index (Phi) is 4.44. The van der Waals surface area contributed by atoms with Gasteiger partial charge in [-0.2, -0.15) is 0 Å². The molecule has 0 heterocycles. The van der Waals surface area contributed by atoms with Gasteiger partial charge in [0.25, 0.3) is 0 Å². The predicted octanol–water partition coefficient (Wildman–Crippen LogP) is 4.04. The number of carbonyl (C=O) groups excluding carboxylic acids is 1. The molecule has 1 aliphatic carbocycles. The summed E-state index contributed by atoms with van der Waals surface area (Å²) in [5.41, 5.74) is 1.06. The van der Waals surface area contributed by atoms with Crippen LogP contribution in [0.1, 0.15) is 44.6 Å². The standard InChI is InChI=1S/C15H20BrNO/c1-2-15(9-3-4-10-15)14(18)17-11-12-5-7-13(16)8-6-12/h5-8H,2-4,9-11H2,1H3,(H,17,18). The molecule has 0 radical (unpaired) electrons. The second-order valence-electron chi connectivity index (χ2n) is 5.15. The van der Waals surface area contributed by atoms with Crippen molar-refractivity contribution >= 4 is 21.8 Å². The Bertz CT molecular complexity index is 407. The molecule has 18 heavy (non-hydrogen) atoms. The molecule has 0 bridgehead atoms. The highest BCUT2D eigenvalue weighted by Crippen LogP contribution is 2.41. The molecule has 1 amide bonds. The SMILES string of the molecule is CCC1(C(=O)NCc2ccc(Br)cc2)CCCC1. The van der Waals surface area contributed by atoms with Gasteiger partial charge in [0, 0.05) is 16.4 Å². The molecule has 98 valence electrons. The lowest BCUT2D eigenvalue weighted by molar-refractivity contribution is -0.131. The van der Waals surface area contributed by atoms with Gasteiger partial charge in [-0.25, -0.2) is 0 Å². The molecule has 0 aliphatic heterocycles. The van der Waals surface area contributed by atoms with Crippen molar-refractivity contribution in [1.82, 2.24) is 5.32 Å². The summed E-state index contributed by atoms with van der Waals surface area (Å²) in [4.78, 5) is 12.3. The van der Waals surface area contributed by atoms with Crippen molar-refractivity contribution in [3.05, 3.63) is 34.3 Å². The Morgan fingerprint density at radius 3 is 2.44 bits per heavy atom. The van der Waals surface area contributed by atoms with Crippen molar-refractivity contribution in [3.63, 3.8) is 0 Å². The number of benzene rings is 1. The third-order valence-corrected chi connectivity index (χ3v) is 4.61. The summed E-state index contributed by atoms with van der Waals surface area (Å²) in [5.74, 6) is 0.241. The van der Waals surface area contributed by atoms with Gasteiger partial charge in [0.15, 0.2) is 0 Å². The van der Waals surface area contributed by atoms with E-state index < -0.39 is 0 Å². The van der Waals surface area contributed by atoms with Crippen LogP contribution >= 0.6 is 15.9 Å². The van der Waals surface area contributed by atoms with E-state index in [1.807, 2.05) is 24.3 Å². The van der Waals surface area contributed by atoms with Gasteiger partial charge in [0.2, 0.25) is 5.91 Å². The summed E-state index contributed by atoms with van der Waals surface area (Å²) in [6.07, 6.45) is 5.45. The zero-order valence-electron chi connectivity index (χ0n) is 10.8. The molecule has 1 aliphatic rings. The fourth-order valence-corrected chi connectivity index (χ4v) is 3.03. The lowest BCUT2D eigenvalue weighted by Gasteiger charge is -2.26. The highest BCUT2D eigenvalue weighted by Gasteiger charge is 2.38. The first-order valence-electron chi connectivity index (χ1n) is 6.69. The van der Waals surface area contributed by atoms with Gasteiger partial charge >= 0.3 is 0 Å². The summed E-state index contributed by atoms with van der Waals surface area (Å²) < 4.78 is 1.07. The molecule has 1 aromatic rings. The molecule has 1 fully saturated rings. The van der Waals surface area contributed by atoms with E-state index in [4.69, 9.17) is 0 Å². The normalized spacial score (nSPS) is 17.7. The maximum absolute atomic E-state index is 12.3. The number of carbonyl (C=O) groups is 1. The van der Waals surface area contributed by atoms with Crippen molar-refractivity contribution in [3.8, 4) is 0 Å². The van der Waals surface area contributed by atoms with Crippen LogP contribution in [-0.4, -0.2) is 5.91 Å². The second kappa shape index (κ2) is 5.87. The molecular formula is C15H20BrNO. The van der Waals surface area contributed by atoms with Crippen LogP contribution in [0.4, 0.5) is 0 Å². The van der Waals surface area contributed by atoms with E-state index in [-0.39, 0.29) is 11.3 Å². The molecule has 0 unspecified atom stereocenters. The topological polar surface area (TPSA) is 29.1 Å². The predicted molar refractivity (Wildman–Crippen MR) is 77.2 cm³/mol. The number of rotatable bonds is 4. The molecule has 1 N–H and O–H groups in total. The maximum Gasteiger partial charge on any atom is 0.226 e. The van der Waals surface area contributed by atoms with Crippen LogP contribution in [0.3, 0.4) is 0 Å². The van der Waals surface area contributed by atoms with E-state index in [0.29, 0.717) is 6.54 Å². The number of hydrogen-bond donors (Lipinski definition) is 1. The van der Waals surface area contributed by atoms with Crippen LogP contribution < -0.4 is 5.32 Å². The third kappa shape index (κ3) is 2.94. The van der Waals surface area contributed by atoms with E-state index in [1.54, 1.807) is 0 Å². The first-order valence-corrected chi connectivity index (χ1v) is 7.48. The van der Waals surface area contributed by atoms with Crippen molar-refractivity contribution < 1.29 is 4.79 Å². The summed E-state index contributed by atoms with van der Waals surface area (Å²) >= 11 is 3.41. The Morgan fingerprint density at radius 2 is 1.89 bits per heavy atom. The maximum atomic E-state index is 12.3. The summed E-state index contributed by atoms with van der Waals surface area (Å²) in [7, 11) is 0. The highest BCUT2D eigenvalue weighted by molar-refractivity contribution is 9.10. The first kappa shape index (κ1) is 13.6. The van der Waals surface area contributed by atoms with Crippen LogP contribution in [0.5, 0.6) is 0 Å². The summed E-state index contributed by atoms with van der Waals surface area (Å²) in [6.45, 7) is 2.76. The molecule has 0 aromatic heterocycles. The molecular weight excluding hydrogens is 290 g/mol. The first-order chi connectivity index (χ1) is 8.66. The number of hydrogen-bond acceptors (Lipinski definition) is 1. The Balaban J connectivity index is 1.93. The molecule has 0 atom stereocenters. The lowest BCUT2D eigenvalue weighted by atomic mass is 9.82. The minimum absolute atomic E-state index is 0.0879. The van der Waals surface area contributed by atoms with Crippen LogP contribution in [0.2, 0.25) is 0 Å². The van der Waals surface area contributed by atoms with Gasteiger partial charge in [-0.1, -0.05) is 47.8 Å². The number of nitrogens with one attached hydrogen (secondary N) is 1. The zero-order chi connectivity index (χ0) is 13.0. The second-order valence-corrected chi connectivity index (χ2v) is 6.07. The van der Waals surface area contributed by atoms with E-state index in [0.717, 1.165) is 29.3 Å². The monoisotopic (exact) mass is 309 g/mol. The third-order valence-electron chi connectivity index (χ3n) is 4.09. The minimum Gasteiger partial charge on any atom is -0.352 e. The van der Waals surface area contributed by atoms with Gasteiger partial charge < -0.3 is 5.32 Å². The van der Waals surface area contributed by atoms with Crippen LogP contribution in [0.25, 0.3) is 0 Å². The molecule has 3 heteroatoms. The fraction of sp³-hybridized carbons (Fsp3) is 0.533. The van der Waals surface area contributed by atoms with Gasteiger partial charge in [-0.05, 0) is 37.0 Å². The summed E-state index contributed by atoms with van der Waals surface area (Å²) in [5, 5.41) is 3.10. The average Bonchev–Trinajstić information content (AvgIpc) is 2.88. The Labute approximate surface area is 117 Å². The molecule has 1 aromatic carbocycles. The quantitative estimate of drug-likeness (QED) is 0.893. The van der Waals surface area contributed by atoms with Crippen molar-refractivity contribution in [2.45, 2.75) is 45.6 Å². The van der Waals surface area contributed by atoms with Gasteiger partial charge in [0.05, 0.1) is 0 Å². The Hall–Kier alpha value is -0.830. The van der Waals surface area contributed by atoms with Gasteiger partial charge in [-0.3, -0.25) is 4.79 Å². The van der Waals surface area contributed by atoms with E-state index in [2.05, 4.69) is 28.2 Å². The largest absolute Gasteiger partial charge is 0.352 e. The lowest BCUT2D eigenvalue weighted by Crippen LogP contribution is -2.38. The number of amides is 1. The fourth-order valence-electron chi connectivity index (χ4n) is 2.77. The molecule has 2 nitrogen and oxygen atoms in total. The highest BCUT2D eigenvalue weighted by atomic mass is 79.9. The van der Waals surface area contributed by atoms with Gasteiger partial charge in [-0.15, -0.1) is 0 Å². The van der Waals surface area contributed by atoms with Gasteiger partial charge in [0.1, 0.15) is 0 Å². The molecule has 0 saturated heterocycles. The minimum atomic E-state index is -0.0879. The smallest absolute Gasteiger partial charge is 0.226 e. The molecule has 0 spiro atoms. The summed E-state index contributed by atoms with van der Waals surface area (Å²) in [6, 6.07) is 8.09. The van der Waals surface area contributed by atoms with Crippen LogP contribution in [-0.2, 0) is 11.3 Å². The van der Waals surface area contributed by atoms with E-state index in [1.165, 1.54) is 12.8 Å². The molecule has 2 rings (SSSR count). The van der Waals surface area contributed by atoms with Crippen molar-refractivity contribution in [2.75, 3.05) is 0 Å². The number of halogens is 1.